The summed E-state index contributed by atoms with van der Waals surface area (Å²) in [6.45, 7) is 5.23. The number of halogens is 2. The van der Waals surface area contributed by atoms with Gasteiger partial charge >= 0.3 is 11.9 Å². The normalized spacial score (nSPS) is 16.6. The number of carbonyl (C=O) groups is 2. The van der Waals surface area contributed by atoms with Crippen molar-refractivity contribution in [1.82, 2.24) is 0 Å². The summed E-state index contributed by atoms with van der Waals surface area (Å²) < 4.78 is 11.6. The molecule has 0 amide bonds. The summed E-state index contributed by atoms with van der Waals surface area (Å²) in [5.41, 5.74) is 0.436. The van der Waals surface area contributed by atoms with Crippen molar-refractivity contribution in [1.29, 1.82) is 0 Å². The molecule has 1 aliphatic rings. The highest BCUT2D eigenvalue weighted by Crippen LogP contribution is 2.49. The first-order valence-corrected chi connectivity index (χ1v) is 7.22. The van der Waals surface area contributed by atoms with Crippen LogP contribution in [0.2, 0.25) is 0 Å². The maximum absolute atomic E-state index is 11.6. The molecule has 0 bridgehead atoms. The zero-order chi connectivity index (χ0) is 14.4. The first-order chi connectivity index (χ1) is 8.72. The van der Waals surface area contributed by atoms with E-state index in [-0.39, 0.29) is 17.8 Å². The lowest BCUT2D eigenvalue weighted by molar-refractivity contribution is -0.137. The Kier molecular flexibility index (Phi) is 3.75. The van der Waals surface area contributed by atoms with E-state index in [1.165, 1.54) is 6.92 Å². The van der Waals surface area contributed by atoms with Crippen molar-refractivity contribution in [2.24, 2.45) is 0 Å². The lowest BCUT2D eigenvalue weighted by Crippen LogP contribution is -2.31. The van der Waals surface area contributed by atoms with Gasteiger partial charge in [0.1, 0.15) is 5.75 Å². The van der Waals surface area contributed by atoms with Gasteiger partial charge in [-0.3, -0.25) is 9.59 Å². The van der Waals surface area contributed by atoms with Crippen molar-refractivity contribution >= 4 is 43.8 Å². The van der Waals surface area contributed by atoms with Crippen LogP contribution in [-0.2, 0) is 15.0 Å². The Morgan fingerprint density at radius 1 is 1.42 bits per heavy atom. The van der Waals surface area contributed by atoms with E-state index < -0.39 is 5.97 Å². The van der Waals surface area contributed by atoms with Gasteiger partial charge in [0.05, 0.1) is 15.4 Å². The van der Waals surface area contributed by atoms with Gasteiger partial charge in [0, 0.05) is 17.9 Å². The number of esters is 2. The molecule has 0 aliphatic carbocycles. The summed E-state index contributed by atoms with van der Waals surface area (Å²) in [6, 6.07) is 1.65. The van der Waals surface area contributed by atoms with E-state index in [0.717, 1.165) is 5.56 Å². The molecule has 102 valence electrons. The number of fused-ring (bicyclic) bond motifs is 1. The van der Waals surface area contributed by atoms with Gasteiger partial charge in [0.2, 0.25) is 0 Å². The van der Waals surface area contributed by atoms with E-state index in [1.807, 2.05) is 13.8 Å². The molecule has 0 N–H and O–H groups in total. The lowest BCUT2D eigenvalue weighted by atomic mass is 9.79. The van der Waals surface area contributed by atoms with Crippen molar-refractivity contribution in [2.75, 3.05) is 0 Å². The van der Waals surface area contributed by atoms with Gasteiger partial charge in [-0.1, -0.05) is 13.8 Å². The van der Waals surface area contributed by atoms with Crippen LogP contribution in [-0.4, -0.2) is 11.9 Å². The molecular weight excluding hydrogens is 380 g/mol. The first-order valence-electron chi connectivity index (χ1n) is 5.64. The Labute approximate surface area is 127 Å². The minimum absolute atomic E-state index is 0.267. The van der Waals surface area contributed by atoms with Crippen LogP contribution >= 0.6 is 31.9 Å². The molecule has 0 aromatic heterocycles. The van der Waals surface area contributed by atoms with E-state index >= 15 is 0 Å². The maximum atomic E-state index is 11.6. The van der Waals surface area contributed by atoms with Gasteiger partial charge < -0.3 is 9.47 Å². The molecule has 4 nitrogen and oxygen atoms in total. The van der Waals surface area contributed by atoms with Crippen LogP contribution in [0.25, 0.3) is 0 Å². The second kappa shape index (κ2) is 4.90. The predicted molar refractivity (Wildman–Crippen MR) is 76.4 cm³/mol. The van der Waals surface area contributed by atoms with Gasteiger partial charge in [-0.05, 0) is 37.9 Å². The molecule has 19 heavy (non-hydrogen) atoms. The maximum Gasteiger partial charge on any atom is 0.312 e. The number of rotatable bonds is 1. The molecule has 1 heterocycles. The Morgan fingerprint density at radius 3 is 2.63 bits per heavy atom. The van der Waals surface area contributed by atoms with Gasteiger partial charge in [0.15, 0.2) is 5.75 Å². The van der Waals surface area contributed by atoms with Crippen LogP contribution in [0, 0.1) is 0 Å². The molecule has 0 saturated carbocycles. The van der Waals surface area contributed by atoms with Gasteiger partial charge in [-0.15, -0.1) is 0 Å². The quantitative estimate of drug-likeness (QED) is 0.540. The van der Waals surface area contributed by atoms with Gasteiger partial charge in [-0.25, -0.2) is 0 Å². The Bertz CT molecular complexity index is 578. The first kappa shape index (κ1) is 14.5. The van der Waals surface area contributed by atoms with Crippen LogP contribution in [0.15, 0.2) is 15.0 Å². The molecule has 1 aromatic rings. The SMILES string of the molecule is CC(=O)Oc1c(Br)cc2c(c1Br)C(C)(C)CC(=O)O2. The van der Waals surface area contributed by atoms with E-state index in [4.69, 9.17) is 9.47 Å². The average Bonchev–Trinajstić information content (AvgIpc) is 2.20. The number of ether oxygens (including phenoxy) is 2. The van der Waals surface area contributed by atoms with E-state index in [9.17, 15) is 9.59 Å². The van der Waals surface area contributed by atoms with Gasteiger partial charge in [0.25, 0.3) is 0 Å². The van der Waals surface area contributed by atoms with E-state index in [2.05, 4.69) is 31.9 Å². The summed E-state index contributed by atoms with van der Waals surface area (Å²) in [5.74, 6) is 0.205. The van der Waals surface area contributed by atoms with Crippen molar-refractivity contribution in [3.8, 4) is 11.5 Å². The summed E-state index contributed by atoms with van der Waals surface area (Å²) in [7, 11) is 0. The largest absolute Gasteiger partial charge is 0.426 e. The van der Waals surface area contributed by atoms with Crippen LogP contribution in [0.5, 0.6) is 11.5 Å². The van der Waals surface area contributed by atoms with Crippen molar-refractivity contribution in [3.63, 3.8) is 0 Å². The number of hydrogen-bond acceptors (Lipinski definition) is 4. The second-order valence-electron chi connectivity index (χ2n) is 5.00. The summed E-state index contributed by atoms with van der Waals surface area (Å²) >= 11 is 6.76. The summed E-state index contributed by atoms with van der Waals surface area (Å²) in [4.78, 5) is 22.7. The van der Waals surface area contributed by atoms with Crippen LogP contribution in [0.3, 0.4) is 0 Å². The Hall–Kier alpha value is -0.880. The topological polar surface area (TPSA) is 52.6 Å². The molecule has 1 aliphatic heterocycles. The molecule has 0 radical (unpaired) electrons. The molecule has 0 atom stereocenters. The third kappa shape index (κ3) is 2.69. The van der Waals surface area contributed by atoms with E-state index in [1.54, 1.807) is 6.07 Å². The minimum atomic E-state index is -0.410. The minimum Gasteiger partial charge on any atom is -0.426 e. The van der Waals surface area contributed by atoms with Crippen molar-refractivity contribution < 1.29 is 19.1 Å². The highest BCUT2D eigenvalue weighted by Gasteiger charge is 2.37. The molecule has 0 saturated heterocycles. The third-order valence-electron chi connectivity index (χ3n) is 2.87. The predicted octanol–water partition coefficient (Wildman–Crippen LogP) is 3.72. The number of hydrogen-bond donors (Lipinski definition) is 0. The molecule has 6 heteroatoms. The molecule has 0 unspecified atom stereocenters. The Balaban J connectivity index is 2.66. The van der Waals surface area contributed by atoms with Crippen LogP contribution in [0.4, 0.5) is 0 Å². The fourth-order valence-corrected chi connectivity index (χ4v) is 3.92. The third-order valence-corrected chi connectivity index (χ3v) is 4.22. The van der Waals surface area contributed by atoms with Crippen molar-refractivity contribution in [3.05, 3.63) is 20.6 Å². The molecule has 0 spiro atoms. The fourth-order valence-electron chi connectivity index (χ4n) is 2.14. The van der Waals surface area contributed by atoms with Crippen molar-refractivity contribution in [2.45, 2.75) is 32.6 Å². The average molecular weight is 392 g/mol. The highest BCUT2D eigenvalue weighted by atomic mass is 79.9. The molecular formula is C13H12Br2O4. The molecule has 2 rings (SSSR count). The molecule has 1 aromatic carbocycles. The standard InChI is InChI=1S/C13H12Br2O4/c1-6(16)18-12-7(14)4-8-10(11(12)15)13(2,3)5-9(17)19-8/h4H,5H2,1-3H3. The number of benzene rings is 1. The zero-order valence-corrected chi connectivity index (χ0v) is 13.8. The second-order valence-corrected chi connectivity index (χ2v) is 6.65. The monoisotopic (exact) mass is 390 g/mol. The summed E-state index contributed by atoms with van der Waals surface area (Å²) in [5, 5.41) is 0. The van der Waals surface area contributed by atoms with E-state index in [0.29, 0.717) is 20.4 Å². The highest BCUT2D eigenvalue weighted by molar-refractivity contribution is 9.11. The smallest absolute Gasteiger partial charge is 0.312 e. The zero-order valence-electron chi connectivity index (χ0n) is 10.7. The lowest BCUT2D eigenvalue weighted by Gasteiger charge is -2.32. The molecule has 0 fully saturated rings. The van der Waals surface area contributed by atoms with Gasteiger partial charge in [-0.2, -0.15) is 0 Å². The fraction of sp³-hybridized carbons (Fsp3) is 0.385. The number of carbonyl (C=O) groups excluding carboxylic acids is 2. The summed E-state index contributed by atoms with van der Waals surface area (Å²) in [6.07, 6.45) is 0.278. The van der Waals surface area contributed by atoms with Crippen LogP contribution in [0.1, 0.15) is 32.8 Å². The van der Waals surface area contributed by atoms with Crippen LogP contribution < -0.4 is 9.47 Å². The Morgan fingerprint density at radius 2 is 2.05 bits per heavy atom.